The fourth-order valence-corrected chi connectivity index (χ4v) is 2.22. The first-order valence-electron chi connectivity index (χ1n) is 7.80. The van der Waals surface area contributed by atoms with Crippen LogP contribution in [0.15, 0.2) is 48.5 Å². The third-order valence-electron chi connectivity index (χ3n) is 3.36. The Bertz CT molecular complexity index is 789. The molecule has 2 rings (SSSR count). The van der Waals surface area contributed by atoms with Gasteiger partial charge >= 0.3 is 5.97 Å². The number of carbonyl (C=O) groups excluding carboxylic acids is 2. The summed E-state index contributed by atoms with van der Waals surface area (Å²) in [4.78, 5) is 34.5. The molecule has 1 amide bonds. The van der Waals surface area contributed by atoms with E-state index in [4.69, 9.17) is 4.74 Å². The van der Waals surface area contributed by atoms with Gasteiger partial charge in [-0.2, -0.15) is 0 Å². The van der Waals surface area contributed by atoms with Gasteiger partial charge in [0.05, 0.1) is 23.5 Å². The van der Waals surface area contributed by atoms with Crippen LogP contribution in [0.2, 0.25) is 0 Å². The molecule has 0 saturated heterocycles. The van der Waals surface area contributed by atoms with E-state index in [1.807, 2.05) is 6.92 Å². The van der Waals surface area contributed by atoms with Crippen LogP contribution in [0.4, 0.5) is 11.4 Å². The number of rotatable bonds is 7. The number of esters is 1. The minimum Gasteiger partial charge on any atom is -0.462 e. The largest absolute Gasteiger partial charge is 0.462 e. The molecule has 2 aromatic rings. The van der Waals surface area contributed by atoms with Gasteiger partial charge in [0.25, 0.3) is 5.69 Å². The van der Waals surface area contributed by atoms with Crippen molar-refractivity contribution in [3.63, 3.8) is 0 Å². The number of benzene rings is 2. The summed E-state index contributed by atoms with van der Waals surface area (Å²) >= 11 is 0. The van der Waals surface area contributed by atoms with E-state index in [1.165, 1.54) is 18.2 Å². The molecule has 0 atom stereocenters. The standard InChI is InChI=1S/C18H18N2O5/c1-2-10-25-18(22)14-7-5-8-15(11-14)19-17(21)12-13-6-3-4-9-16(13)20(23)24/h3-9,11H,2,10,12H2,1H3,(H,19,21). The molecule has 0 saturated carbocycles. The van der Waals surface area contributed by atoms with Crippen molar-refractivity contribution < 1.29 is 19.2 Å². The topological polar surface area (TPSA) is 98.5 Å². The van der Waals surface area contributed by atoms with E-state index >= 15 is 0 Å². The first kappa shape index (κ1) is 18.1. The van der Waals surface area contributed by atoms with Gasteiger partial charge in [0.1, 0.15) is 0 Å². The third-order valence-corrected chi connectivity index (χ3v) is 3.36. The highest BCUT2D eigenvalue weighted by molar-refractivity contribution is 5.95. The molecule has 0 bridgehead atoms. The maximum Gasteiger partial charge on any atom is 0.338 e. The molecular formula is C18H18N2O5. The molecule has 7 nitrogen and oxygen atoms in total. The Balaban J connectivity index is 2.06. The van der Waals surface area contributed by atoms with Gasteiger partial charge in [0, 0.05) is 17.3 Å². The van der Waals surface area contributed by atoms with E-state index in [1.54, 1.807) is 30.3 Å². The highest BCUT2D eigenvalue weighted by Gasteiger charge is 2.16. The van der Waals surface area contributed by atoms with Crippen molar-refractivity contribution in [1.29, 1.82) is 0 Å². The maximum absolute atomic E-state index is 12.2. The Morgan fingerprint density at radius 2 is 1.92 bits per heavy atom. The van der Waals surface area contributed by atoms with Gasteiger partial charge in [-0.25, -0.2) is 4.79 Å². The number of para-hydroxylation sites is 1. The summed E-state index contributed by atoms with van der Waals surface area (Å²) in [6.45, 7) is 2.22. The zero-order valence-electron chi connectivity index (χ0n) is 13.7. The summed E-state index contributed by atoms with van der Waals surface area (Å²) in [7, 11) is 0. The van der Waals surface area contributed by atoms with E-state index in [-0.39, 0.29) is 12.1 Å². The smallest absolute Gasteiger partial charge is 0.338 e. The Morgan fingerprint density at radius 3 is 2.64 bits per heavy atom. The number of nitrogens with zero attached hydrogens (tertiary/aromatic N) is 1. The van der Waals surface area contributed by atoms with E-state index in [2.05, 4.69) is 5.32 Å². The van der Waals surface area contributed by atoms with Crippen LogP contribution in [0.3, 0.4) is 0 Å². The van der Waals surface area contributed by atoms with Crippen LogP contribution in [0.1, 0.15) is 29.3 Å². The fourth-order valence-electron chi connectivity index (χ4n) is 2.22. The van der Waals surface area contributed by atoms with E-state index in [9.17, 15) is 19.7 Å². The second kappa shape index (κ2) is 8.58. The summed E-state index contributed by atoms with van der Waals surface area (Å²) in [5.41, 5.74) is 0.976. The fraction of sp³-hybridized carbons (Fsp3) is 0.222. The van der Waals surface area contributed by atoms with Crippen LogP contribution < -0.4 is 5.32 Å². The van der Waals surface area contributed by atoms with Gasteiger partial charge in [-0.05, 0) is 24.6 Å². The van der Waals surface area contributed by atoms with Crippen molar-refractivity contribution in [1.82, 2.24) is 0 Å². The molecule has 2 aromatic carbocycles. The molecule has 0 aliphatic heterocycles. The van der Waals surface area contributed by atoms with Crippen molar-refractivity contribution >= 4 is 23.3 Å². The van der Waals surface area contributed by atoms with Crippen LogP contribution in [-0.2, 0) is 16.0 Å². The van der Waals surface area contributed by atoms with Gasteiger partial charge < -0.3 is 10.1 Å². The number of nitro benzene ring substituents is 1. The summed E-state index contributed by atoms with van der Waals surface area (Å²) in [6, 6.07) is 12.4. The van der Waals surface area contributed by atoms with Gasteiger partial charge in [0.2, 0.25) is 5.91 Å². The van der Waals surface area contributed by atoms with Gasteiger partial charge in [-0.1, -0.05) is 31.2 Å². The van der Waals surface area contributed by atoms with Crippen molar-refractivity contribution in [3.05, 3.63) is 69.8 Å². The molecule has 0 aliphatic carbocycles. The molecule has 1 N–H and O–H groups in total. The van der Waals surface area contributed by atoms with E-state index < -0.39 is 16.8 Å². The minimum atomic E-state index is -0.521. The lowest BCUT2D eigenvalue weighted by Crippen LogP contribution is -2.15. The highest BCUT2D eigenvalue weighted by atomic mass is 16.6. The van der Waals surface area contributed by atoms with Crippen molar-refractivity contribution in [2.75, 3.05) is 11.9 Å². The summed E-state index contributed by atoms with van der Waals surface area (Å²) in [6.07, 6.45) is 0.583. The Hall–Kier alpha value is -3.22. The van der Waals surface area contributed by atoms with E-state index in [0.717, 1.165) is 6.42 Å². The maximum atomic E-state index is 12.2. The average molecular weight is 342 g/mol. The first-order chi connectivity index (χ1) is 12.0. The van der Waals surface area contributed by atoms with Crippen LogP contribution in [-0.4, -0.2) is 23.4 Å². The number of ether oxygens (including phenoxy) is 1. The molecule has 0 aliphatic rings. The molecule has 0 heterocycles. The van der Waals surface area contributed by atoms with Gasteiger partial charge in [0.15, 0.2) is 0 Å². The number of nitrogens with one attached hydrogen (secondary N) is 1. The van der Waals surface area contributed by atoms with E-state index in [0.29, 0.717) is 23.4 Å². The quantitative estimate of drug-likeness (QED) is 0.473. The number of hydrogen-bond acceptors (Lipinski definition) is 5. The van der Waals surface area contributed by atoms with Crippen molar-refractivity contribution in [2.24, 2.45) is 0 Å². The summed E-state index contributed by atoms with van der Waals surface area (Å²) < 4.78 is 5.05. The van der Waals surface area contributed by atoms with Crippen molar-refractivity contribution in [2.45, 2.75) is 19.8 Å². The Morgan fingerprint density at radius 1 is 1.16 bits per heavy atom. The molecule has 7 heteroatoms. The minimum absolute atomic E-state index is 0.102. The van der Waals surface area contributed by atoms with Crippen LogP contribution >= 0.6 is 0 Å². The Labute approximate surface area is 144 Å². The third kappa shape index (κ3) is 5.13. The number of carbonyl (C=O) groups is 2. The first-order valence-corrected chi connectivity index (χ1v) is 7.80. The Kier molecular flexibility index (Phi) is 6.22. The van der Waals surface area contributed by atoms with Gasteiger partial charge in [-0.3, -0.25) is 14.9 Å². The zero-order valence-corrected chi connectivity index (χ0v) is 13.7. The molecular weight excluding hydrogens is 324 g/mol. The monoisotopic (exact) mass is 342 g/mol. The lowest BCUT2D eigenvalue weighted by atomic mass is 10.1. The lowest BCUT2D eigenvalue weighted by molar-refractivity contribution is -0.385. The summed E-state index contributed by atoms with van der Waals surface area (Å²) in [5, 5.41) is 13.6. The average Bonchev–Trinajstić information content (AvgIpc) is 2.60. The molecule has 130 valence electrons. The number of nitro groups is 1. The molecule has 0 fully saturated rings. The predicted octanol–water partition coefficient (Wildman–Crippen LogP) is 3.34. The SMILES string of the molecule is CCCOC(=O)c1cccc(NC(=O)Cc2ccccc2[N+](=O)[O-])c1. The number of hydrogen-bond donors (Lipinski definition) is 1. The second-order valence-electron chi connectivity index (χ2n) is 5.33. The highest BCUT2D eigenvalue weighted by Crippen LogP contribution is 2.19. The van der Waals surface area contributed by atoms with Gasteiger partial charge in [-0.15, -0.1) is 0 Å². The number of amides is 1. The number of anilines is 1. The second-order valence-corrected chi connectivity index (χ2v) is 5.33. The normalized spacial score (nSPS) is 10.1. The molecule has 0 radical (unpaired) electrons. The predicted molar refractivity (Wildman–Crippen MR) is 92.4 cm³/mol. The molecule has 0 unspecified atom stereocenters. The summed E-state index contributed by atoms with van der Waals surface area (Å²) in [5.74, 6) is -0.870. The van der Waals surface area contributed by atoms with Crippen LogP contribution in [0, 0.1) is 10.1 Å². The van der Waals surface area contributed by atoms with Crippen molar-refractivity contribution in [3.8, 4) is 0 Å². The van der Waals surface area contributed by atoms with Crippen LogP contribution in [0.25, 0.3) is 0 Å². The molecule has 25 heavy (non-hydrogen) atoms. The lowest BCUT2D eigenvalue weighted by Gasteiger charge is -2.08. The molecule has 0 aromatic heterocycles. The van der Waals surface area contributed by atoms with Crippen LogP contribution in [0.5, 0.6) is 0 Å². The zero-order chi connectivity index (χ0) is 18.2. The molecule has 0 spiro atoms.